The minimum Gasteiger partial charge on any atom is -0.488 e. The molecule has 7 rings (SSSR count). The lowest BCUT2D eigenvalue weighted by Crippen LogP contribution is -2.46. The van der Waals surface area contributed by atoms with Crippen LogP contribution in [0.3, 0.4) is 0 Å². The monoisotopic (exact) mass is 997 g/mol. The summed E-state index contributed by atoms with van der Waals surface area (Å²) in [7, 11) is 0. The summed E-state index contributed by atoms with van der Waals surface area (Å²) in [6, 6.07) is 16.1. The predicted molar refractivity (Wildman–Crippen MR) is 270 cm³/mol. The highest BCUT2D eigenvalue weighted by Gasteiger charge is 2.40. The lowest BCUT2D eigenvalue weighted by atomic mass is 9.90. The first-order valence-corrected chi connectivity index (χ1v) is 24.4. The van der Waals surface area contributed by atoms with Crippen molar-refractivity contribution in [3.8, 4) is 22.9 Å². The van der Waals surface area contributed by atoms with E-state index < -0.39 is 58.7 Å². The minimum absolute atomic E-state index is 0.00379. The molecule has 2 fully saturated rings. The number of aryl methyl sites for hydroxylation is 1. The zero-order valence-corrected chi connectivity index (χ0v) is 43.7. The van der Waals surface area contributed by atoms with Crippen molar-refractivity contribution in [1.82, 2.24) is 19.2 Å². The maximum atomic E-state index is 14.7. The number of amides is 3. The van der Waals surface area contributed by atoms with E-state index in [4.69, 9.17) is 28.4 Å². The Labute approximate surface area is 420 Å². The van der Waals surface area contributed by atoms with Crippen LogP contribution in [0.15, 0.2) is 66.9 Å². The summed E-state index contributed by atoms with van der Waals surface area (Å²) >= 11 is 0. The van der Waals surface area contributed by atoms with Crippen molar-refractivity contribution in [2.45, 2.75) is 163 Å². The van der Waals surface area contributed by atoms with E-state index in [1.54, 1.807) is 139 Å². The zero-order chi connectivity index (χ0) is 52.7. The fourth-order valence-electron chi connectivity index (χ4n) is 8.38. The van der Waals surface area contributed by atoms with E-state index in [0.717, 1.165) is 30.5 Å². The van der Waals surface area contributed by atoms with Crippen LogP contribution in [0, 0.1) is 12.7 Å². The second-order valence-electron chi connectivity index (χ2n) is 22.4. The first-order chi connectivity index (χ1) is 33.5. The number of rotatable bonds is 10. The first kappa shape index (κ1) is 53.1. The van der Waals surface area contributed by atoms with E-state index in [1.165, 1.54) is 42.3 Å². The predicted octanol–water partition coefficient (Wildman–Crippen LogP) is 12.4. The second kappa shape index (κ2) is 20.5. The van der Waals surface area contributed by atoms with Gasteiger partial charge < -0.3 is 38.4 Å². The molecule has 388 valence electrons. The number of aliphatic hydroxyl groups excluding tert-OH is 1. The molecule has 2 aromatic heterocycles. The smallest absolute Gasteiger partial charge is 0.425 e. The van der Waals surface area contributed by atoms with Crippen LogP contribution >= 0.6 is 0 Å². The van der Waals surface area contributed by atoms with Gasteiger partial charge >= 0.3 is 24.4 Å². The van der Waals surface area contributed by atoms with E-state index in [0.29, 0.717) is 33.4 Å². The number of carbonyl (C=O) groups is 4. The van der Waals surface area contributed by atoms with Gasteiger partial charge in [-0.25, -0.2) is 32.8 Å². The fraction of sp³-hybridized carbons (Fsp3) is 0.500. The van der Waals surface area contributed by atoms with Gasteiger partial charge in [0.2, 0.25) is 0 Å². The Morgan fingerprint density at radius 1 is 0.750 bits per heavy atom. The van der Waals surface area contributed by atoms with Gasteiger partial charge in [0.1, 0.15) is 46.1 Å². The van der Waals surface area contributed by atoms with Crippen LogP contribution < -0.4 is 19.7 Å². The highest BCUT2D eigenvalue weighted by atomic mass is 19.1. The highest BCUT2D eigenvalue weighted by molar-refractivity contribution is 6.10. The molecule has 1 saturated heterocycles. The van der Waals surface area contributed by atoms with Gasteiger partial charge in [0.05, 0.1) is 34.3 Å². The molecule has 3 amide bonds. The standard InChI is InChI=1S/C54H69FN6O11/c1-32-27-35(21-22-42(32)68-43-20-15-14-19-38(43)55)61-46(60(49(65)71-53(8,9)10)50(66)72-54(11,12)13)37(31-56-61)45(62)41-28-33-29-44(67-36-23-25-58(26-24-36)34-17-16-18-34)39(57-47(63)69-51(2,3)4)30-40(33)59(41)48(64)70-52(5,6)7/h14-15,19-22,27-31,34,36,45,62H,16-18,23-26H2,1-13H3,(H,57,63). The summed E-state index contributed by atoms with van der Waals surface area (Å²) in [5.74, 6) is -0.249. The molecule has 17 nitrogen and oxygen atoms in total. The number of imide groups is 1. The Morgan fingerprint density at radius 3 is 1.92 bits per heavy atom. The lowest BCUT2D eigenvalue weighted by molar-refractivity contribution is 0.0422. The molecular weight excluding hydrogens is 928 g/mol. The third-order valence-electron chi connectivity index (χ3n) is 11.7. The van der Waals surface area contributed by atoms with Gasteiger partial charge in [0.25, 0.3) is 0 Å². The molecule has 72 heavy (non-hydrogen) atoms. The van der Waals surface area contributed by atoms with Crippen LogP contribution in [-0.2, 0) is 18.9 Å². The van der Waals surface area contributed by atoms with Crippen LogP contribution in [0.5, 0.6) is 17.2 Å². The number of ether oxygens (including phenoxy) is 6. The average Bonchev–Trinajstić information content (AvgIpc) is 3.81. The van der Waals surface area contributed by atoms with E-state index in [2.05, 4.69) is 15.3 Å². The molecule has 1 atom stereocenters. The van der Waals surface area contributed by atoms with Crippen molar-refractivity contribution < 1.29 is 57.1 Å². The Kier molecular flexibility index (Phi) is 15.1. The number of hydrogen-bond acceptors (Lipinski definition) is 13. The summed E-state index contributed by atoms with van der Waals surface area (Å²) in [5, 5.41) is 20.8. The fourth-order valence-corrected chi connectivity index (χ4v) is 8.38. The van der Waals surface area contributed by atoms with E-state index in [1.807, 2.05) is 0 Å². The minimum atomic E-state index is -1.84. The summed E-state index contributed by atoms with van der Waals surface area (Å²) in [6.07, 6.45) is 0.387. The molecule has 3 aromatic carbocycles. The van der Waals surface area contributed by atoms with Crippen LogP contribution in [0.4, 0.5) is 35.1 Å². The molecule has 0 radical (unpaired) electrons. The van der Waals surface area contributed by atoms with Crippen molar-refractivity contribution in [2.75, 3.05) is 23.3 Å². The molecule has 1 aliphatic heterocycles. The Balaban J connectivity index is 1.41. The van der Waals surface area contributed by atoms with E-state index in [9.17, 15) is 28.7 Å². The van der Waals surface area contributed by atoms with Gasteiger partial charge in [-0.1, -0.05) is 18.6 Å². The van der Waals surface area contributed by atoms with Gasteiger partial charge in [-0.15, -0.1) is 0 Å². The number of hydrogen-bond donors (Lipinski definition) is 2. The van der Waals surface area contributed by atoms with Crippen molar-refractivity contribution >= 4 is 46.8 Å². The number of carbonyl (C=O) groups excluding carboxylic acids is 4. The Bertz CT molecular complexity index is 2790. The van der Waals surface area contributed by atoms with Crippen molar-refractivity contribution in [3.63, 3.8) is 0 Å². The Hall–Kier alpha value is -6.66. The van der Waals surface area contributed by atoms with Crippen molar-refractivity contribution in [2.24, 2.45) is 0 Å². The summed E-state index contributed by atoms with van der Waals surface area (Å²) in [5.41, 5.74) is -3.09. The zero-order valence-electron chi connectivity index (χ0n) is 43.7. The summed E-state index contributed by atoms with van der Waals surface area (Å²) in [4.78, 5) is 60.2. The molecule has 5 aromatic rings. The molecular formula is C54H69FN6O11. The second-order valence-corrected chi connectivity index (χ2v) is 22.4. The number of benzene rings is 3. The van der Waals surface area contributed by atoms with E-state index >= 15 is 0 Å². The number of anilines is 2. The molecule has 1 aliphatic carbocycles. The molecule has 0 spiro atoms. The van der Waals surface area contributed by atoms with E-state index in [-0.39, 0.29) is 45.8 Å². The van der Waals surface area contributed by atoms with Crippen LogP contribution in [0.25, 0.3) is 16.6 Å². The highest BCUT2D eigenvalue weighted by Crippen LogP contribution is 2.41. The van der Waals surface area contributed by atoms with Gasteiger partial charge in [-0.05, 0) is 170 Å². The van der Waals surface area contributed by atoms with Gasteiger partial charge in [-0.2, -0.15) is 10.00 Å². The number of aromatic nitrogens is 3. The normalized spacial score (nSPS) is 15.6. The molecule has 1 unspecified atom stereocenters. The molecule has 2 aliphatic rings. The van der Waals surface area contributed by atoms with Gasteiger partial charge in [0.15, 0.2) is 17.4 Å². The lowest BCUT2D eigenvalue weighted by Gasteiger charge is -2.41. The molecule has 2 N–H and O–H groups in total. The molecule has 18 heteroatoms. The Morgan fingerprint density at radius 2 is 1.36 bits per heavy atom. The largest absolute Gasteiger partial charge is 0.488 e. The maximum absolute atomic E-state index is 14.7. The summed E-state index contributed by atoms with van der Waals surface area (Å²) in [6.45, 7) is 23.5. The van der Waals surface area contributed by atoms with Crippen molar-refractivity contribution in [3.05, 3.63) is 89.5 Å². The SMILES string of the molecule is Cc1cc(-n2ncc(C(O)c3cc4cc(OC5CCN(C6CCC6)CC5)c(NC(=O)OC(C)(C)C)cc4n3C(=O)OC(C)(C)C)c2N(C(=O)OC(C)(C)C)C(=O)OC(C)(C)C)ccc1Oc1ccccc1F. The molecule has 0 bridgehead atoms. The third kappa shape index (κ3) is 12.9. The number of halogens is 1. The number of piperidine rings is 1. The topological polar surface area (TPSA) is 185 Å². The van der Waals surface area contributed by atoms with Crippen LogP contribution in [0.2, 0.25) is 0 Å². The average molecular weight is 997 g/mol. The number of likely N-dealkylation sites (tertiary alicyclic amines) is 1. The van der Waals surface area contributed by atoms with Crippen LogP contribution in [0.1, 0.15) is 138 Å². The maximum Gasteiger partial charge on any atom is 0.425 e. The number of para-hydroxylation sites is 1. The number of aliphatic hydroxyl groups is 1. The number of nitrogens with zero attached hydrogens (tertiary/aromatic N) is 5. The third-order valence-corrected chi connectivity index (χ3v) is 11.7. The van der Waals surface area contributed by atoms with Gasteiger partial charge in [0, 0.05) is 24.5 Å². The van der Waals surface area contributed by atoms with Gasteiger partial charge in [-0.3, -0.25) is 5.32 Å². The van der Waals surface area contributed by atoms with Crippen LogP contribution in [-0.4, -0.2) is 96.4 Å². The number of nitrogens with one attached hydrogen (secondary N) is 1. The number of fused-ring (bicyclic) bond motifs is 1. The quantitative estimate of drug-likeness (QED) is 0.126. The molecule has 3 heterocycles. The molecule has 1 saturated carbocycles. The summed E-state index contributed by atoms with van der Waals surface area (Å²) < 4.78 is 53.0. The van der Waals surface area contributed by atoms with Crippen molar-refractivity contribution in [1.29, 1.82) is 0 Å². The first-order valence-electron chi connectivity index (χ1n) is 24.4.